The molecule has 2 aromatic carbocycles. The number of piperidine rings is 1. The highest BCUT2D eigenvalue weighted by Gasteiger charge is 2.29. The number of nitrogens with zero attached hydrogens (tertiary/aromatic N) is 2. The standard InChI is InChI=1S/C20H23N3O5S/c1-15-13-17(23(25)26)7-8-19(15)20(24)21-14-16-9-11-22(12-10-16)29(27,28)18-5-3-2-4-6-18/h2-8,13,16H,9-12,14H2,1H3,(H,21,24). The minimum atomic E-state index is -3.49. The van der Waals surface area contributed by atoms with E-state index in [1.807, 2.05) is 0 Å². The van der Waals surface area contributed by atoms with Crippen molar-refractivity contribution in [2.75, 3.05) is 19.6 Å². The Balaban J connectivity index is 1.54. The number of nitrogens with one attached hydrogen (secondary N) is 1. The molecule has 1 fully saturated rings. The van der Waals surface area contributed by atoms with Crippen molar-refractivity contribution in [2.45, 2.75) is 24.7 Å². The fourth-order valence-electron chi connectivity index (χ4n) is 3.44. The summed E-state index contributed by atoms with van der Waals surface area (Å²) in [6.07, 6.45) is 1.32. The summed E-state index contributed by atoms with van der Waals surface area (Å²) in [6.45, 7) is 2.92. The van der Waals surface area contributed by atoms with Crippen molar-refractivity contribution >= 4 is 21.6 Å². The van der Waals surface area contributed by atoms with E-state index in [4.69, 9.17) is 0 Å². The molecule has 1 aliphatic heterocycles. The quantitative estimate of drug-likeness (QED) is 0.574. The molecule has 9 heteroatoms. The summed E-state index contributed by atoms with van der Waals surface area (Å²) in [5.41, 5.74) is 0.895. The number of benzene rings is 2. The van der Waals surface area contributed by atoms with Gasteiger partial charge in [0, 0.05) is 37.3 Å². The van der Waals surface area contributed by atoms with E-state index in [9.17, 15) is 23.3 Å². The van der Waals surface area contributed by atoms with Crippen LogP contribution in [-0.4, -0.2) is 43.2 Å². The van der Waals surface area contributed by atoms with Crippen molar-refractivity contribution in [3.8, 4) is 0 Å². The first kappa shape index (κ1) is 20.9. The number of hydrogen-bond donors (Lipinski definition) is 1. The molecule has 0 atom stereocenters. The zero-order valence-electron chi connectivity index (χ0n) is 16.1. The van der Waals surface area contributed by atoms with Gasteiger partial charge in [0.15, 0.2) is 0 Å². The highest BCUT2D eigenvalue weighted by Crippen LogP contribution is 2.23. The maximum atomic E-state index is 12.7. The van der Waals surface area contributed by atoms with Gasteiger partial charge in [-0.15, -0.1) is 0 Å². The molecule has 0 aromatic heterocycles. The van der Waals surface area contributed by atoms with Gasteiger partial charge in [0.2, 0.25) is 10.0 Å². The lowest BCUT2D eigenvalue weighted by molar-refractivity contribution is -0.384. The Labute approximate surface area is 169 Å². The van der Waals surface area contributed by atoms with Crippen molar-refractivity contribution in [1.29, 1.82) is 0 Å². The molecule has 1 aliphatic rings. The third-order valence-corrected chi connectivity index (χ3v) is 7.08. The Morgan fingerprint density at radius 3 is 2.41 bits per heavy atom. The van der Waals surface area contributed by atoms with Gasteiger partial charge in [-0.2, -0.15) is 4.31 Å². The number of aryl methyl sites for hydroxylation is 1. The SMILES string of the molecule is Cc1cc([N+](=O)[O-])ccc1C(=O)NCC1CCN(S(=O)(=O)c2ccccc2)CC1. The average Bonchev–Trinajstić information content (AvgIpc) is 2.72. The molecule has 1 saturated heterocycles. The Kier molecular flexibility index (Phi) is 6.29. The van der Waals surface area contributed by atoms with Crippen LogP contribution in [0.3, 0.4) is 0 Å². The summed E-state index contributed by atoms with van der Waals surface area (Å²) >= 11 is 0. The summed E-state index contributed by atoms with van der Waals surface area (Å²) in [7, 11) is -3.49. The van der Waals surface area contributed by atoms with Crippen molar-refractivity contribution in [2.24, 2.45) is 5.92 Å². The van der Waals surface area contributed by atoms with Gasteiger partial charge in [-0.1, -0.05) is 18.2 Å². The second kappa shape index (κ2) is 8.71. The number of carbonyl (C=O) groups excluding carboxylic acids is 1. The number of nitro benzene ring substituents is 1. The molecule has 0 aliphatic carbocycles. The van der Waals surface area contributed by atoms with Crippen LogP contribution in [0.1, 0.15) is 28.8 Å². The van der Waals surface area contributed by atoms with Gasteiger partial charge in [-0.25, -0.2) is 8.42 Å². The van der Waals surface area contributed by atoms with Crippen LogP contribution >= 0.6 is 0 Å². The van der Waals surface area contributed by atoms with E-state index in [0.29, 0.717) is 48.5 Å². The Morgan fingerprint density at radius 2 is 1.83 bits per heavy atom. The second-order valence-corrected chi connectivity index (χ2v) is 9.06. The smallest absolute Gasteiger partial charge is 0.269 e. The maximum absolute atomic E-state index is 12.7. The summed E-state index contributed by atoms with van der Waals surface area (Å²) < 4.78 is 26.8. The minimum Gasteiger partial charge on any atom is -0.352 e. The molecule has 0 spiro atoms. The van der Waals surface area contributed by atoms with Gasteiger partial charge in [0.25, 0.3) is 11.6 Å². The highest BCUT2D eigenvalue weighted by molar-refractivity contribution is 7.89. The number of rotatable bonds is 6. The maximum Gasteiger partial charge on any atom is 0.269 e. The van der Waals surface area contributed by atoms with Crippen molar-refractivity contribution in [3.05, 3.63) is 69.8 Å². The first-order chi connectivity index (χ1) is 13.8. The van der Waals surface area contributed by atoms with Crippen LogP contribution in [0.2, 0.25) is 0 Å². The summed E-state index contributed by atoms with van der Waals surface area (Å²) in [4.78, 5) is 23.0. The molecule has 3 rings (SSSR count). The lowest BCUT2D eigenvalue weighted by Crippen LogP contribution is -2.41. The van der Waals surface area contributed by atoms with Gasteiger partial charge in [-0.3, -0.25) is 14.9 Å². The van der Waals surface area contributed by atoms with E-state index in [1.165, 1.54) is 22.5 Å². The van der Waals surface area contributed by atoms with Gasteiger partial charge < -0.3 is 5.32 Å². The predicted molar refractivity (Wildman–Crippen MR) is 108 cm³/mol. The number of carbonyl (C=O) groups is 1. The van der Waals surface area contributed by atoms with Crippen LogP contribution in [0.4, 0.5) is 5.69 Å². The molecule has 2 aromatic rings. The van der Waals surface area contributed by atoms with E-state index in [1.54, 1.807) is 37.3 Å². The van der Waals surface area contributed by atoms with Gasteiger partial charge >= 0.3 is 0 Å². The minimum absolute atomic E-state index is 0.0500. The van der Waals surface area contributed by atoms with E-state index in [0.717, 1.165) is 0 Å². The topological polar surface area (TPSA) is 110 Å². The summed E-state index contributed by atoms with van der Waals surface area (Å²) in [6, 6.07) is 12.5. The lowest BCUT2D eigenvalue weighted by Gasteiger charge is -2.31. The molecule has 0 radical (unpaired) electrons. The largest absolute Gasteiger partial charge is 0.352 e. The molecule has 1 heterocycles. The van der Waals surface area contributed by atoms with Gasteiger partial charge in [0.1, 0.15) is 0 Å². The zero-order valence-corrected chi connectivity index (χ0v) is 16.9. The first-order valence-corrected chi connectivity index (χ1v) is 10.8. The monoisotopic (exact) mass is 417 g/mol. The van der Waals surface area contributed by atoms with E-state index in [2.05, 4.69) is 5.32 Å². The van der Waals surface area contributed by atoms with Gasteiger partial charge in [0.05, 0.1) is 9.82 Å². The Morgan fingerprint density at radius 1 is 1.17 bits per heavy atom. The third-order valence-electron chi connectivity index (χ3n) is 5.17. The van der Waals surface area contributed by atoms with Crippen LogP contribution in [0.25, 0.3) is 0 Å². The molecular formula is C20H23N3O5S. The van der Waals surface area contributed by atoms with E-state index < -0.39 is 14.9 Å². The van der Waals surface area contributed by atoms with Crippen molar-refractivity contribution in [1.82, 2.24) is 9.62 Å². The zero-order chi connectivity index (χ0) is 21.0. The summed E-state index contributed by atoms with van der Waals surface area (Å²) in [5.74, 6) is -0.101. The molecule has 0 saturated carbocycles. The fraction of sp³-hybridized carbons (Fsp3) is 0.350. The lowest BCUT2D eigenvalue weighted by atomic mass is 9.98. The third kappa shape index (κ3) is 4.80. The van der Waals surface area contributed by atoms with Crippen LogP contribution in [0.5, 0.6) is 0 Å². The van der Waals surface area contributed by atoms with Crippen LogP contribution in [0.15, 0.2) is 53.4 Å². The number of non-ortho nitro benzene ring substituents is 1. The molecular weight excluding hydrogens is 394 g/mol. The number of sulfonamides is 1. The molecule has 1 N–H and O–H groups in total. The predicted octanol–water partition coefficient (Wildman–Crippen LogP) is 2.73. The molecule has 29 heavy (non-hydrogen) atoms. The van der Waals surface area contributed by atoms with E-state index in [-0.39, 0.29) is 17.5 Å². The Hall–Kier alpha value is -2.78. The van der Waals surface area contributed by atoms with Crippen LogP contribution in [0, 0.1) is 23.0 Å². The number of nitro groups is 1. The molecule has 8 nitrogen and oxygen atoms in total. The van der Waals surface area contributed by atoms with Crippen molar-refractivity contribution in [3.63, 3.8) is 0 Å². The van der Waals surface area contributed by atoms with Crippen LogP contribution < -0.4 is 5.32 Å². The molecule has 0 bridgehead atoms. The molecule has 0 unspecified atom stereocenters. The second-order valence-electron chi connectivity index (χ2n) is 7.13. The first-order valence-electron chi connectivity index (χ1n) is 9.37. The highest BCUT2D eigenvalue weighted by atomic mass is 32.2. The Bertz CT molecular complexity index is 1000. The number of hydrogen-bond acceptors (Lipinski definition) is 5. The average molecular weight is 417 g/mol. The normalized spacial score (nSPS) is 15.8. The fourth-order valence-corrected chi connectivity index (χ4v) is 4.93. The van der Waals surface area contributed by atoms with E-state index >= 15 is 0 Å². The van der Waals surface area contributed by atoms with Gasteiger partial charge in [-0.05, 0) is 49.4 Å². The van der Waals surface area contributed by atoms with Crippen molar-refractivity contribution < 1.29 is 18.1 Å². The summed E-state index contributed by atoms with van der Waals surface area (Å²) in [5, 5.41) is 13.7. The molecule has 154 valence electrons. The molecule has 1 amide bonds. The number of amides is 1. The van der Waals surface area contributed by atoms with Crippen LogP contribution in [-0.2, 0) is 10.0 Å².